The van der Waals surface area contributed by atoms with Crippen LogP contribution in [-0.2, 0) is 6.42 Å². The molecule has 2 aromatic rings. The van der Waals surface area contributed by atoms with Crippen LogP contribution in [0, 0.1) is 0 Å². The van der Waals surface area contributed by atoms with E-state index in [1.165, 1.54) is 24.8 Å². The Hall–Kier alpha value is -1.26. The van der Waals surface area contributed by atoms with Crippen molar-refractivity contribution in [3.05, 3.63) is 46.6 Å². The molecule has 1 saturated heterocycles. The fraction of sp³-hybridized carbons (Fsp3) is 0.412. The number of aromatic nitrogens is 2. The molecule has 0 radical (unpaired) electrons. The van der Waals surface area contributed by atoms with E-state index in [9.17, 15) is 0 Å². The van der Waals surface area contributed by atoms with Gasteiger partial charge in [0, 0.05) is 25.1 Å². The predicted molar refractivity (Wildman–Crippen MR) is 94.1 cm³/mol. The Morgan fingerprint density at radius 3 is 2.50 bits per heavy atom. The smallest absolute Gasteiger partial charge is 0.190 e. The lowest BCUT2D eigenvalue weighted by Gasteiger charge is -2.30. The number of thioether (sulfide) groups is 1. The zero-order chi connectivity index (χ0) is 15.4. The van der Waals surface area contributed by atoms with Gasteiger partial charge in [0.1, 0.15) is 11.0 Å². The van der Waals surface area contributed by atoms with E-state index in [1.54, 1.807) is 11.8 Å². The van der Waals surface area contributed by atoms with Crippen molar-refractivity contribution >= 4 is 29.2 Å². The third kappa shape index (κ3) is 3.55. The zero-order valence-electron chi connectivity index (χ0n) is 12.8. The number of halogens is 1. The molecule has 3 nitrogen and oxygen atoms in total. The van der Waals surface area contributed by atoms with Gasteiger partial charge in [-0.25, -0.2) is 9.97 Å². The quantitative estimate of drug-likeness (QED) is 0.470. The summed E-state index contributed by atoms with van der Waals surface area (Å²) in [7, 11) is 0. The van der Waals surface area contributed by atoms with E-state index in [2.05, 4.69) is 34.1 Å². The number of benzene rings is 1. The highest BCUT2D eigenvalue weighted by atomic mass is 35.5. The van der Waals surface area contributed by atoms with Crippen molar-refractivity contribution in [2.75, 3.05) is 24.2 Å². The summed E-state index contributed by atoms with van der Waals surface area (Å²) in [5, 5.41) is 1.34. The molecule has 22 heavy (non-hydrogen) atoms. The van der Waals surface area contributed by atoms with Crippen LogP contribution >= 0.6 is 23.4 Å². The van der Waals surface area contributed by atoms with E-state index in [1.807, 2.05) is 12.3 Å². The molecule has 0 spiro atoms. The lowest BCUT2D eigenvalue weighted by atomic mass is 10.1. The van der Waals surface area contributed by atoms with Crippen LogP contribution in [-0.4, -0.2) is 29.3 Å². The van der Waals surface area contributed by atoms with Crippen LogP contribution in [0.1, 0.15) is 30.4 Å². The van der Waals surface area contributed by atoms with Crippen LogP contribution in [0.3, 0.4) is 0 Å². The van der Waals surface area contributed by atoms with E-state index in [0.29, 0.717) is 5.15 Å². The van der Waals surface area contributed by atoms with Crippen molar-refractivity contribution in [3.63, 3.8) is 0 Å². The van der Waals surface area contributed by atoms with Crippen molar-refractivity contribution in [2.24, 2.45) is 0 Å². The van der Waals surface area contributed by atoms with E-state index in [0.717, 1.165) is 36.0 Å². The first-order chi connectivity index (χ1) is 10.8. The van der Waals surface area contributed by atoms with Gasteiger partial charge in [-0.15, -0.1) is 0 Å². The van der Waals surface area contributed by atoms with Crippen LogP contribution in [0.2, 0.25) is 5.15 Å². The highest BCUT2D eigenvalue weighted by molar-refractivity contribution is 7.98. The highest BCUT2D eigenvalue weighted by Crippen LogP contribution is 2.31. The Kier molecular flexibility index (Phi) is 5.21. The number of piperidine rings is 1. The number of rotatable bonds is 4. The van der Waals surface area contributed by atoms with Gasteiger partial charge in [-0.3, -0.25) is 0 Å². The van der Waals surface area contributed by atoms with Crippen molar-refractivity contribution in [3.8, 4) is 0 Å². The van der Waals surface area contributed by atoms with Crippen LogP contribution in [0.5, 0.6) is 0 Å². The lowest BCUT2D eigenvalue weighted by Crippen LogP contribution is -2.31. The lowest BCUT2D eigenvalue weighted by molar-refractivity contribution is 0.569. The molecule has 1 aromatic carbocycles. The minimum atomic E-state index is 0.587. The summed E-state index contributed by atoms with van der Waals surface area (Å²) in [5.74, 6) is 1.02. The van der Waals surface area contributed by atoms with Crippen molar-refractivity contribution in [1.82, 2.24) is 9.97 Å². The molecule has 1 aliphatic heterocycles. The van der Waals surface area contributed by atoms with Crippen LogP contribution < -0.4 is 4.90 Å². The molecule has 116 valence electrons. The molecule has 3 rings (SSSR count). The average molecular weight is 334 g/mol. The van der Waals surface area contributed by atoms with Crippen LogP contribution in [0.4, 0.5) is 5.82 Å². The summed E-state index contributed by atoms with van der Waals surface area (Å²) in [5.41, 5.74) is 2.29. The summed E-state index contributed by atoms with van der Waals surface area (Å²) in [4.78, 5) is 11.6. The van der Waals surface area contributed by atoms with Gasteiger partial charge >= 0.3 is 0 Å². The normalized spacial score (nSPS) is 15.1. The first-order valence-electron chi connectivity index (χ1n) is 7.67. The number of hydrogen-bond acceptors (Lipinski definition) is 4. The minimum Gasteiger partial charge on any atom is -0.356 e. The Balaban J connectivity index is 1.99. The van der Waals surface area contributed by atoms with E-state index >= 15 is 0 Å². The first-order valence-corrected chi connectivity index (χ1v) is 9.27. The van der Waals surface area contributed by atoms with Gasteiger partial charge in [-0.05, 0) is 31.1 Å². The minimum absolute atomic E-state index is 0.587. The number of hydrogen-bond donors (Lipinski definition) is 0. The largest absolute Gasteiger partial charge is 0.356 e. The number of nitrogens with zero attached hydrogens (tertiary/aromatic N) is 3. The fourth-order valence-electron chi connectivity index (χ4n) is 2.84. The topological polar surface area (TPSA) is 29.0 Å². The Morgan fingerprint density at radius 2 is 1.82 bits per heavy atom. The summed E-state index contributed by atoms with van der Waals surface area (Å²) < 4.78 is 0. The molecule has 0 bridgehead atoms. The Labute approximate surface area is 141 Å². The maximum atomic E-state index is 6.49. The monoisotopic (exact) mass is 333 g/mol. The third-order valence-corrected chi connectivity index (χ3v) is 4.84. The summed E-state index contributed by atoms with van der Waals surface area (Å²) in [6, 6.07) is 10.4. The first kappa shape index (κ1) is 15.6. The second kappa shape index (κ2) is 7.34. The van der Waals surface area contributed by atoms with Gasteiger partial charge in [0.05, 0.1) is 0 Å². The molecule has 2 heterocycles. The van der Waals surface area contributed by atoms with Gasteiger partial charge in [0.25, 0.3) is 0 Å². The predicted octanol–water partition coefficient (Wildman–Crippen LogP) is 4.43. The molecule has 1 aromatic heterocycles. The highest BCUT2D eigenvalue weighted by Gasteiger charge is 2.20. The summed E-state index contributed by atoms with van der Waals surface area (Å²) in [6.45, 7) is 2.12. The second-order valence-corrected chi connectivity index (χ2v) is 6.64. The standard InChI is InChI=1S/C17H20ClN3S/c1-22-17-19-15(18)14(12-13-8-4-2-5-9-13)16(20-17)21-10-6-3-7-11-21/h2,4-5,8-9H,3,6-7,10-12H2,1H3. The molecule has 0 aliphatic carbocycles. The molecular formula is C17H20ClN3S. The van der Waals surface area contributed by atoms with Gasteiger partial charge < -0.3 is 4.90 Å². The number of anilines is 1. The maximum Gasteiger partial charge on any atom is 0.190 e. The molecule has 0 amide bonds. The molecule has 0 unspecified atom stereocenters. The van der Waals surface area contributed by atoms with Crippen molar-refractivity contribution in [2.45, 2.75) is 30.8 Å². The molecule has 0 N–H and O–H groups in total. The van der Waals surface area contributed by atoms with Gasteiger partial charge in [-0.1, -0.05) is 53.7 Å². The second-order valence-electron chi connectivity index (χ2n) is 5.51. The zero-order valence-corrected chi connectivity index (χ0v) is 14.3. The SMILES string of the molecule is CSc1nc(Cl)c(Cc2ccccc2)c(N2CCCCC2)n1. The Bertz CT molecular complexity index is 627. The van der Waals surface area contributed by atoms with Crippen molar-refractivity contribution < 1.29 is 0 Å². The average Bonchev–Trinajstić information content (AvgIpc) is 2.58. The van der Waals surface area contributed by atoms with Crippen LogP contribution in [0.15, 0.2) is 35.5 Å². The fourth-order valence-corrected chi connectivity index (χ4v) is 3.48. The molecular weight excluding hydrogens is 314 g/mol. The third-order valence-electron chi connectivity index (χ3n) is 3.98. The Morgan fingerprint density at radius 1 is 1.09 bits per heavy atom. The molecule has 0 atom stereocenters. The molecule has 1 aliphatic rings. The van der Waals surface area contributed by atoms with Gasteiger partial charge in [0.2, 0.25) is 0 Å². The van der Waals surface area contributed by atoms with E-state index < -0.39 is 0 Å². The molecule has 1 fully saturated rings. The molecule has 0 saturated carbocycles. The summed E-state index contributed by atoms with van der Waals surface area (Å²) in [6.07, 6.45) is 6.52. The van der Waals surface area contributed by atoms with Gasteiger partial charge in [-0.2, -0.15) is 0 Å². The van der Waals surface area contributed by atoms with E-state index in [-0.39, 0.29) is 0 Å². The van der Waals surface area contributed by atoms with E-state index in [4.69, 9.17) is 16.6 Å². The van der Waals surface area contributed by atoms with Crippen LogP contribution in [0.25, 0.3) is 0 Å². The van der Waals surface area contributed by atoms with Gasteiger partial charge in [0.15, 0.2) is 5.16 Å². The summed E-state index contributed by atoms with van der Waals surface area (Å²) >= 11 is 8.03. The van der Waals surface area contributed by atoms with Crippen molar-refractivity contribution in [1.29, 1.82) is 0 Å². The maximum absolute atomic E-state index is 6.49. The molecule has 5 heteroatoms.